The lowest BCUT2D eigenvalue weighted by Crippen LogP contribution is -2.47. The van der Waals surface area contributed by atoms with Crippen LogP contribution in [0.4, 0.5) is 13.2 Å². The maximum atomic E-state index is 11.8. The molecule has 0 aromatic heterocycles. The van der Waals surface area contributed by atoms with Crippen LogP contribution in [0.3, 0.4) is 0 Å². The van der Waals surface area contributed by atoms with Crippen LogP contribution in [0, 0.1) is 5.92 Å². The quantitative estimate of drug-likeness (QED) is 0.716. The van der Waals surface area contributed by atoms with Crippen LogP contribution in [0.5, 0.6) is 0 Å². The second-order valence-electron chi connectivity index (χ2n) is 4.44. The fraction of sp³-hybridized carbons (Fsp3) is 1.00. The first-order valence-corrected chi connectivity index (χ1v) is 5.42. The average molecular weight is 241 g/mol. The van der Waals surface area contributed by atoms with Crippen LogP contribution in [0.15, 0.2) is 0 Å². The smallest absolute Gasteiger partial charge is 0.394 e. The lowest BCUT2D eigenvalue weighted by molar-refractivity contribution is -0.174. The van der Waals surface area contributed by atoms with E-state index in [1.807, 2.05) is 0 Å². The zero-order chi connectivity index (χ0) is 12.2. The average Bonchev–Trinajstić information content (AvgIpc) is 2.54. The van der Waals surface area contributed by atoms with Crippen LogP contribution in [0.1, 0.15) is 25.7 Å². The molecule has 1 aliphatic rings. The summed E-state index contributed by atoms with van der Waals surface area (Å²) in [6, 6.07) is 0. The third-order valence-electron chi connectivity index (χ3n) is 3.18. The Kier molecular flexibility index (Phi) is 4.58. The van der Waals surface area contributed by atoms with Gasteiger partial charge in [-0.25, -0.2) is 0 Å². The molecule has 1 rings (SSSR count). The van der Waals surface area contributed by atoms with Crippen LogP contribution in [-0.4, -0.2) is 36.6 Å². The van der Waals surface area contributed by atoms with Crippen LogP contribution >= 0.6 is 0 Å². The van der Waals surface area contributed by atoms with Gasteiger partial charge in [-0.15, -0.1) is 0 Å². The maximum Gasteiger partial charge on any atom is 0.411 e. The Morgan fingerprint density at radius 3 is 2.69 bits per heavy atom. The van der Waals surface area contributed by atoms with E-state index in [0.717, 1.165) is 19.3 Å². The van der Waals surface area contributed by atoms with Crippen molar-refractivity contribution in [3.05, 3.63) is 0 Å². The predicted molar refractivity (Wildman–Crippen MR) is 52.8 cm³/mol. The number of hydrogen-bond donors (Lipinski definition) is 2. The van der Waals surface area contributed by atoms with E-state index < -0.39 is 18.3 Å². The molecule has 0 aliphatic heterocycles. The van der Waals surface area contributed by atoms with Gasteiger partial charge in [-0.05, 0) is 25.2 Å². The number of alkyl halides is 3. The standard InChI is InChI=1S/C10H18F3NO2/c11-10(12,13)7-16-5-3-8-2-1-4-9(8,14)6-15/h8,15H,1-7,14H2. The number of ether oxygens (including phenoxy) is 1. The van der Waals surface area contributed by atoms with E-state index in [0.29, 0.717) is 6.42 Å². The summed E-state index contributed by atoms with van der Waals surface area (Å²) < 4.78 is 39.9. The SMILES string of the molecule is NC1(CO)CCCC1CCOCC(F)(F)F. The number of nitrogens with two attached hydrogens (primary N) is 1. The van der Waals surface area contributed by atoms with E-state index in [1.165, 1.54) is 0 Å². The molecule has 16 heavy (non-hydrogen) atoms. The minimum atomic E-state index is -4.27. The van der Waals surface area contributed by atoms with Gasteiger partial charge in [0, 0.05) is 12.1 Å². The Bertz CT molecular complexity index is 223. The van der Waals surface area contributed by atoms with Crippen molar-refractivity contribution in [2.45, 2.75) is 37.4 Å². The Morgan fingerprint density at radius 2 is 2.12 bits per heavy atom. The van der Waals surface area contributed by atoms with E-state index in [-0.39, 0.29) is 19.1 Å². The lowest BCUT2D eigenvalue weighted by Gasteiger charge is -2.29. The molecule has 0 aromatic carbocycles. The van der Waals surface area contributed by atoms with Crippen molar-refractivity contribution in [1.29, 1.82) is 0 Å². The van der Waals surface area contributed by atoms with Gasteiger partial charge < -0.3 is 15.6 Å². The Labute approximate surface area is 92.8 Å². The van der Waals surface area contributed by atoms with E-state index in [1.54, 1.807) is 0 Å². The van der Waals surface area contributed by atoms with Crippen molar-refractivity contribution >= 4 is 0 Å². The molecular weight excluding hydrogens is 223 g/mol. The second kappa shape index (κ2) is 5.33. The summed E-state index contributed by atoms with van der Waals surface area (Å²) in [4.78, 5) is 0. The fourth-order valence-electron chi connectivity index (χ4n) is 2.22. The zero-order valence-electron chi connectivity index (χ0n) is 9.09. The summed E-state index contributed by atoms with van der Waals surface area (Å²) in [5, 5.41) is 9.14. The van der Waals surface area contributed by atoms with Gasteiger partial charge >= 0.3 is 6.18 Å². The maximum absolute atomic E-state index is 11.8. The highest BCUT2D eigenvalue weighted by atomic mass is 19.4. The first kappa shape index (κ1) is 13.7. The van der Waals surface area contributed by atoms with Gasteiger partial charge in [-0.1, -0.05) is 6.42 Å². The molecule has 6 heteroatoms. The number of hydrogen-bond acceptors (Lipinski definition) is 3. The molecule has 0 spiro atoms. The Balaban J connectivity index is 2.23. The van der Waals surface area contributed by atoms with E-state index in [9.17, 15) is 13.2 Å². The molecule has 2 unspecified atom stereocenters. The van der Waals surface area contributed by atoms with Gasteiger partial charge in [0.2, 0.25) is 0 Å². The third kappa shape index (κ3) is 3.92. The van der Waals surface area contributed by atoms with Gasteiger partial charge in [0.15, 0.2) is 0 Å². The zero-order valence-corrected chi connectivity index (χ0v) is 9.09. The molecule has 0 saturated heterocycles. The molecule has 0 heterocycles. The number of aliphatic hydroxyl groups is 1. The molecular formula is C10H18F3NO2. The second-order valence-corrected chi connectivity index (χ2v) is 4.44. The molecule has 3 N–H and O–H groups in total. The first-order valence-electron chi connectivity index (χ1n) is 5.42. The van der Waals surface area contributed by atoms with E-state index in [4.69, 9.17) is 10.8 Å². The molecule has 0 amide bonds. The summed E-state index contributed by atoms with van der Waals surface area (Å²) >= 11 is 0. The monoisotopic (exact) mass is 241 g/mol. The van der Waals surface area contributed by atoms with Gasteiger partial charge in [0.05, 0.1) is 6.61 Å². The minimum Gasteiger partial charge on any atom is -0.394 e. The van der Waals surface area contributed by atoms with Crippen molar-refractivity contribution in [2.24, 2.45) is 11.7 Å². The van der Waals surface area contributed by atoms with Crippen molar-refractivity contribution < 1.29 is 23.0 Å². The molecule has 1 saturated carbocycles. The van der Waals surface area contributed by atoms with E-state index >= 15 is 0 Å². The largest absolute Gasteiger partial charge is 0.411 e. The highest BCUT2D eigenvalue weighted by Crippen LogP contribution is 2.35. The molecule has 0 bridgehead atoms. The fourth-order valence-corrected chi connectivity index (χ4v) is 2.22. The van der Waals surface area contributed by atoms with Crippen molar-refractivity contribution in [3.8, 4) is 0 Å². The third-order valence-corrected chi connectivity index (χ3v) is 3.18. The molecule has 0 aromatic rings. The molecule has 2 atom stereocenters. The predicted octanol–water partition coefficient (Wildman–Crippen LogP) is 1.45. The molecule has 1 fully saturated rings. The minimum absolute atomic E-state index is 0.0448. The van der Waals surface area contributed by atoms with Crippen LogP contribution in [0.2, 0.25) is 0 Å². The highest BCUT2D eigenvalue weighted by Gasteiger charge is 2.38. The number of halogens is 3. The van der Waals surface area contributed by atoms with Crippen molar-refractivity contribution in [2.75, 3.05) is 19.8 Å². The summed E-state index contributed by atoms with van der Waals surface area (Å²) in [6.45, 7) is -1.28. The molecule has 96 valence electrons. The van der Waals surface area contributed by atoms with Gasteiger partial charge in [0.25, 0.3) is 0 Å². The van der Waals surface area contributed by atoms with Crippen LogP contribution < -0.4 is 5.73 Å². The molecule has 1 aliphatic carbocycles. The van der Waals surface area contributed by atoms with Gasteiger partial charge in [-0.2, -0.15) is 13.2 Å². The summed E-state index contributed by atoms with van der Waals surface area (Å²) in [6.07, 6.45) is -1.29. The van der Waals surface area contributed by atoms with Gasteiger partial charge in [0.1, 0.15) is 6.61 Å². The lowest BCUT2D eigenvalue weighted by atomic mass is 9.87. The van der Waals surface area contributed by atoms with Crippen molar-refractivity contribution in [1.82, 2.24) is 0 Å². The Hall–Kier alpha value is -0.330. The molecule has 0 radical (unpaired) electrons. The topological polar surface area (TPSA) is 55.5 Å². The summed E-state index contributed by atoms with van der Waals surface area (Å²) in [7, 11) is 0. The Morgan fingerprint density at radius 1 is 1.44 bits per heavy atom. The normalized spacial score (nSPS) is 30.9. The summed E-state index contributed by atoms with van der Waals surface area (Å²) in [5.74, 6) is 0.0609. The van der Waals surface area contributed by atoms with Crippen LogP contribution in [0.25, 0.3) is 0 Å². The van der Waals surface area contributed by atoms with Gasteiger partial charge in [-0.3, -0.25) is 0 Å². The highest BCUT2D eigenvalue weighted by molar-refractivity contribution is 4.95. The number of rotatable bonds is 5. The van der Waals surface area contributed by atoms with Crippen molar-refractivity contribution in [3.63, 3.8) is 0 Å². The summed E-state index contributed by atoms with van der Waals surface area (Å²) in [5.41, 5.74) is 5.32. The van der Waals surface area contributed by atoms with Crippen LogP contribution in [-0.2, 0) is 4.74 Å². The number of aliphatic hydroxyl groups excluding tert-OH is 1. The molecule has 3 nitrogen and oxygen atoms in total. The first-order chi connectivity index (χ1) is 7.37. The van der Waals surface area contributed by atoms with E-state index in [2.05, 4.69) is 4.74 Å².